The fourth-order valence-electron chi connectivity index (χ4n) is 3.32. The van der Waals surface area contributed by atoms with Crippen molar-refractivity contribution in [1.82, 2.24) is 5.32 Å². The number of methoxy groups -OCH3 is 1. The molecule has 2 rings (SSSR count). The quantitative estimate of drug-likeness (QED) is 0.746. The lowest BCUT2D eigenvalue weighted by Crippen LogP contribution is -2.66. The van der Waals surface area contributed by atoms with Crippen LogP contribution in [0.1, 0.15) is 51.9 Å². The van der Waals surface area contributed by atoms with Crippen LogP contribution < -0.4 is 5.32 Å². The minimum Gasteiger partial charge on any atom is -0.371 e. The average molecular weight is 267 g/mol. The van der Waals surface area contributed by atoms with Gasteiger partial charge in [-0.15, -0.1) is 0 Å². The maximum Gasteiger partial charge on any atom is 0.230 e. The van der Waals surface area contributed by atoms with Gasteiger partial charge in [0.25, 0.3) is 0 Å². The molecule has 0 aromatic rings. The van der Waals surface area contributed by atoms with Crippen LogP contribution in [0.15, 0.2) is 0 Å². The second kappa shape index (κ2) is 6.62. The molecule has 4 heteroatoms. The largest absolute Gasteiger partial charge is 0.371 e. The number of carbonyl (C=O) groups is 2. The monoisotopic (exact) mass is 267 g/mol. The summed E-state index contributed by atoms with van der Waals surface area (Å²) in [6, 6.07) is -0.0890. The number of hydrogen-bond acceptors (Lipinski definition) is 4. The van der Waals surface area contributed by atoms with E-state index >= 15 is 0 Å². The third-order valence-electron chi connectivity index (χ3n) is 4.59. The van der Waals surface area contributed by atoms with Gasteiger partial charge in [-0.2, -0.15) is 0 Å². The van der Waals surface area contributed by atoms with E-state index in [0.29, 0.717) is 6.04 Å². The standard InChI is InChI=1S/C15H25NO3/c1-3-11(9-10-7-5-4-6-8-10)16-12-13(17)14(18)15(12)19-2/h10-12,15-16H,3-9H2,1-2H3/t11-,12?,15?/m1/s1. The van der Waals surface area contributed by atoms with Gasteiger partial charge in [0.05, 0.1) is 0 Å². The van der Waals surface area contributed by atoms with Crippen LogP contribution in [0, 0.1) is 5.92 Å². The summed E-state index contributed by atoms with van der Waals surface area (Å²) in [5, 5.41) is 3.34. The summed E-state index contributed by atoms with van der Waals surface area (Å²) in [6.45, 7) is 2.13. The van der Waals surface area contributed by atoms with Gasteiger partial charge in [-0.3, -0.25) is 9.59 Å². The van der Waals surface area contributed by atoms with Crippen molar-refractivity contribution in [2.75, 3.05) is 7.11 Å². The predicted octanol–water partition coefficient (Wildman–Crippen LogP) is 1.86. The highest BCUT2D eigenvalue weighted by atomic mass is 16.5. The molecule has 2 aliphatic carbocycles. The number of nitrogens with one attached hydrogen (secondary N) is 1. The van der Waals surface area contributed by atoms with Gasteiger partial charge in [0.2, 0.25) is 11.6 Å². The van der Waals surface area contributed by atoms with Crippen LogP contribution in [0.25, 0.3) is 0 Å². The molecule has 4 nitrogen and oxygen atoms in total. The molecule has 0 saturated heterocycles. The van der Waals surface area contributed by atoms with Crippen LogP contribution >= 0.6 is 0 Å². The number of rotatable bonds is 6. The van der Waals surface area contributed by atoms with Crippen molar-refractivity contribution in [3.63, 3.8) is 0 Å². The van der Waals surface area contributed by atoms with Crippen molar-refractivity contribution in [2.45, 2.75) is 70.1 Å². The molecule has 19 heavy (non-hydrogen) atoms. The number of hydrogen-bond donors (Lipinski definition) is 1. The zero-order valence-corrected chi connectivity index (χ0v) is 12.0. The summed E-state index contributed by atoms with van der Waals surface area (Å²) in [5.41, 5.74) is 0. The van der Waals surface area contributed by atoms with E-state index in [9.17, 15) is 9.59 Å². The second-order valence-electron chi connectivity index (χ2n) is 5.87. The van der Waals surface area contributed by atoms with E-state index in [-0.39, 0.29) is 11.6 Å². The fraction of sp³-hybridized carbons (Fsp3) is 0.867. The first-order valence-electron chi connectivity index (χ1n) is 7.54. The third kappa shape index (κ3) is 3.23. The van der Waals surface area contributed by atoms with Gasteiger partial charge in [0.15, 0.2) is 0 Å². The maximum absolute atomic E-state index is 11.6. The van der Waals surface area contributed by atoms with Gasteiger partial charge in [-0.05, 0) is 18.8 Å². The van der Waals surface area contributed by atoms with Crippen molar-refractivity contribution in [2.24, 2.45) is 5.92 Å². The Morgan fingerprint density at radius 3 is 2.47 bits per heavy atom. The molecule has 0 spiro atoms. The zero-order valence-electron chi connectivity index (χ0n) is 12.0. The normalized spacial score (nSPS) is 30.2. The van der Waals surface area contributed by atoms with Crippen LogP contribution in [0.4, 0.5) is 0 Å². The molecular formula is C15H25NO3. The first-order valence-corrected chi connectivity index (χ1v) is 7.54. The Morgan fingerprint density at radius 1 is 1.21 bits per heavy atom. The van der Waals surface area contributed by atoms with Crippen LogP contribution in [0.5, 0.6) is 0 Å². The Kier molecular flexibility index (Phi) is 5.11. The molecule has 2 fully saturated rings. The molecule has 0 aliphatic heterocycles. The third-order valence-corrected chi connectivity index (χ3v) is 4.59. The second-order valence-corrected chi connectivity index (χ2v) is 5.87. The molecule has 0 amide bonds. The number of carbonyl (C=O) groups excluding carboxylic acids is 2. The molecule has 3 atom stereocenters. The molecule has 2 unspecified atom stereocenters. The fourth-order valence-corrected chi connectivity index (χ4v) is 3.32. The lowest BCUT2D eigenvalue weighted by Gasteiger charge is -2.36. The zero-order chi connectivity index (χ0) is 13.8. The van der Waals surface area contributed by atoms with Crippen molar-refractivity contribution < 1.29 is 14.3 Å². The topological polar surface area (TPSA) is 55.4 Å². The highest BCUT2D eigenvalue weighted by molar-refractivity contribution is 6.48. The molecule has 0 bridgehead atoms. The van der Waals surface area contributed by atoms with Gasteiger partial charge in [0, 0.05) is 13.2 Å². The molecule has 0 radical (unpaired) electrons. The summed E-state index contributed by atoms with van der Waals surface area (Å²) >= 11 is 0. The van der Waals surface area contributed by atoms with E-state index < -0.39 is 12.1 Å². The summed E-state index contributed by atoms with van der Waals surface area (Å²) < 4.78 is 5.08. The minimum atomic E-state index is -0.562. The van der Waals surface area contributed by atoms with Gasteiger partial charge in [-0.1, -0.05) is 39.0 Å². The summed E-state index contributed by atoms with van der Waals surface area (Å²) in [5.74, 6) is 0.0829. The molecule has 0 aromatic carbocycles. The van der Waals surface area contributed by atoms with Crippen molar-refractivity contribution >= 4 is 11.6 Å². The Balaban J connectivity index is 1.84. The van der Waals surface area contributed by atoms with Crippen LogP contribution in [-0.4, -0.2) is 36.9 Å². The van der Waals surface area contributed by atoms with Gasteiger partial charge in [0.1, 0.15) is 12.1 Å². The Morgan fingerprint density at radius 2 is 1.89 bits per heavy atom. The molecule has 2 aliphatic rings. The van der Waals surface area contributed by atoms with Crippen molar-refractivity contribution in [1.29, 1.82) is 0 Å². The first-order chi connectivity index (χ1) is 9.17. The summed E-state index contributed by atoms with van der Waals surface area (Å²) in [4.78, 5) is 22.9. The van der Waals surface area contributed by atoms with Gasteiger partial charge in [-0.25, -0.2) is 0 Å². The van der Waals surface area contributed by atoms with E-state index in [1.54, 1.807) is 0 Å². The highest BCUT2D eigenvalue weighted by Crippen LogP contribution is 2.28. The van der Waals surface area contributed by atoms with E-state index in [2.05, 4.69) is 12.2 Å². The molecule has 0 heterocycles. The Hall–Kier alpha value is -0.740. The van der Waals surface area contributed by atoms with Crippen molar-refractivity contribution in [3.8, 4) is 0 Å². The average Bonchev–Trinajstić information content (AvgIpc) is 2.46. The predicted molar refractivity (Wildman–Crippen MR) is 73.0 cm³/mol. The number of Topliss-reactive ketones (excluding diaryl/α,β-unsaturated/α-hetero) is 2. The van der Waals surface area contributed by atoms with E-state index in [4.69, 9.17) is 4.74 Å². The molecule has 2 saturated carbocycles. The van der Waals surface area contributed by atoms with Crippen molar-refractivity contribution in [3.05, 3.63) is 0 Å². The van der Waals surface area contributed by atoms with Crippen LogP contribution in [0.2, 0.25) is 0 Å². The van der Waals surface area contributed by atoms with E-state index in [1.807, 2.05) is 0 Å². The lowest BCUT2D eigenvalue weighted by atomic mass is 9.81. The highest BCUT2D eigenvalue weighted by Gasteiger charge is 2.50. The SMILES string of the molecule is CC[C@H](CC1CCCCC1)NC1C(=O)C(=O)C1OC. The minimum absolute atomic E-state index is 0.311. The smallest absolute Gasteiger partial charge is 0.230 e. The Bertz CT molecular complexity index is 336. The van der Waals surface area contributed by atoms with E-state index in [1.165, 1.54) is 39.2 Å². The maximum atomic E-state index is 11.6. The number of ketones is 2. The van der Waals surface area contributed by atoms with Gasteiger partial charge >= 0.3 is 0 Å². The lowest BCUT2D eigenvalue weighted by molar-refractivity contribution is -0.157. The van der Waals surface area contributed by atoms with Crippen LogP contribution in [0.3, 0.4) is 0 Å². The Labute approximate surface area is 115 Å². The molecule has 0 aromatic heterocycles. The molecule has 108 valence electrons. The van der Waals surface area contributed by atoms with E-state index in [0.717, 1.165) is 18.8 Å². The van der Waals surface area contributed by atoms with Crippen LogP contribution in [-0.2, 0) is 14.3 Å². The summed E-state index contributed by atoms with van der Waals surface area (Å²) in [6.07, 6.45) is 8.20. The summed E-state index contributed by atoms with van der Waals surface area (Å²) in [7, 11) is 1.49. The molecule has 1 N–H and O–H groups in total. The van der Waals surface area contributed by atoms with Gasteiger partial charge < -0.3 is 10.1 Å². The number of ether oxygens (including phenoxy) is 1. The molecular weight excluding hydrogens is 242 g/mol. The first kappa shape index (κ1) is 14.7.